The third-order valence-corrected chi connectivity index (χ3v) is 2.81. The van der Waals surface area contributed by atoms with Crippen LogP contribution in [0.5, 0.6) is 0 Å². The van der Waals surface area contributed by atoms with E-state index in [0.717, 1.165) is 4.47 Å². The summed E-state index contributed by atoms with van der Waals surface area (Å²) in [5, 5.41) is 3.02. The molecule has 0 aliphatic carbocycles. The topological polar surface area (TPSA) is 46.9 Å². The van der Waals surface area contributed by atoms with Gasteiger partial charge in [0, 0.05) is 17.7 Å². The molecular weight excluding hydrogens is 305 g/mol. The Morgan fingerprint density at radius 1 is 1.53 bits per heavy atom. The smallest absolute Gasteiger partial charge is 0.273 e. The molecule has 1 amide bonds. The fourth-order valence-corrected chi connectivity index (χ4v) is 2.10. The second-order valence-electron chi connectivity index (χ2n) is 3.45. The van der Waals surface area contributed by atoms with Crippen LogP contribution in [0.1, 0.15) is 10.5 Å². The van der Waals surface area contributed by atoms with Gasteiger partial charge in [-0.15, -0.1) is 0 Å². The monoisotopic (exact) mass is 313 g/mol. The Balaban J connectivity index is 2.20. The molecule has 6 heteroatoms. The lowest BCUT2D eigenvalue weighted by molar-refractivity contribution is 0.101. The van der Waals surface area contributed by atoms with E-state index in [1.807, 2.05) is 0 Å². The molecule has 0 aromatic carbocycles. The number of halogens is 2. The predicted molar refractivity (Wildman–Crippen MR) is 70.3 cm³/mol. The van der Waals surface area contributed by atoms with Crippen molar-refractivity contribution in [3.63, 3.8) is 0 Å². The standard InChI is InChI=1S/C11H9BrClN3O/c1-16-6-7(12)5-8(16)11(17)15-10-4-2-3-9(13)14-10/h2-6H,1H3,(H,14,15,17). The average Bonchev–Trinajstić information content (AvgIpc) is 2.58. The maximum absolute atomic E-state index is 11.9. The van der Waals surface area contributed by atoms with Crippen molar-refractivity contribution in [3.05, 3.63) is 45.8 Å². The largest absolute Gasteiger partial charge is 0.345 e. The summed E-state index contributed by atoms with van der Waals surface area (Å²) in [5.41, 5.74) is 0.540. The molecule has 0 bridgehead atoms. The van der Waals surface area contributed by atoms with Gasteiger partial charge in [0.15, 0.2) is 0 Å². The van der Waals surface area contributed by atoms with Crippen LogP contribution in [-0.2, 0) is 7.05 Å². The van der Waals surface area contributed by atoms with Gasteiger partial charge >= 0.3 is 0 Å². The summed E-state index contributed by atoms with van der Waals surface area (Å²) in [7, 11) is 1.80. The first-order valence-electron chi connectivity index (χ1n) is 4.82. The van der Waals surface area contributed by atoms with Gasteiger partial charge < -0.3 is 9.88 Å². The van der Waals surface area contributed by atoms with Crippen molar-refractivity contribution < 1.29 is 4.79 Å². The van der Waals surface area contributed by atoms with Gasteiger partial charge in [-0.25, -0.2) is 4.98 Å². The van der Waals surface area contributed by atoms with Crippen molar-refractivity contribution in [1.29, 1.82) is 0 Å². The lowest BCUT2D eigenvalue weighted by Crippen LogP contribution is -2.16. The highest BCUT2D eigenvalue weighted by Gasteiger charge is 2.11. The maximum Gasteiger partial charge on any atom is 0.273 e. The SMILES string of the molecule is Cn1cc(Br)cc1C(=O)Nc1cccc(Cl)n1. The van der Waals surface area contributed by atoms with Crippen LogP contribution in [-0.4, -0.2) is 15.5 Å². The molecule has 0 aliphatic rings. The number of pyridine rings is 1. The minimum atomic E-state index is -0.229. The van der Waals surface area contributed by atoms with Crippen molar-refractivity contribution >= 4 is 39.3 Å². The second-order valence-corrected chi connectivity index (χ2v) is 4.76. The zero-order valence-corrected chi connectivity index (χ0v) is 11.3. The van der Waals surface area contributed by atoms with Crippen LogP contribution in [0.2, 0.25) is 5.15 Å². The highest BCUT2D eigenvalue weighted by molar-refractivity contribution is 9.10. The number of amides is 1. The first-order chi connectivity index (χ1) is 8.06. The quantitative estimate of drug-likeness (QED) is 0.866. The zero-order chi connectivity index (χ0) is 12.4. The molecule has 17 heavy (non-hydrogen) atoms. The number of aromatic nitrogens is 2. The number of nitrogens with zero attached hydrogens (tertiary/aromatic N) is 2. The van der Waals surface area contributed by atoms with Gasteiger partial charge in [0.05, 0.1) is 0 Å². The van der Waals surface area contributed by atoms with E-state index in [-0.39, 0.29) is 5.91 Å². The molecule has 1 N–H and O–H groups in total. The lowest BCUT2D eigenvalue weighted by Gasteiger charge is -2.05. The van der Waals surface area contributed by atoms with E-state index >= 15 is 0 Å². The third kappa shape index (κ3) is 2.87. The summed E-state index contributed by atoms with van der Waals surface area (Å²) in [6.07, 6.45) is 1.81. The third-order valence-electron chi connectivity index (χ3n) is 2.16. The summed E-state index contributed by atoms with van der Waals surface area (Å²) in [5.74, 6) is 0.202. The first kappa shape index (κ1) is 12.1. The van der Waals surface area contributed by atoms with Crippen LogP contribution in [0.25, 0.3) is 0 Å². The van der Waals surface area contributed by atoms with Crippen LogP contribution in [0.3, 0.4) is 0 Å². The molecule has 2 rings (SSSR count). The van der Waals surface area contributed by atoms with E-state index in [2.05, 4.69) is 26.2 Å². The molecule has 0 aliphatic heterocycles. The van der Waals surface area contributed by atoms with Crippen LogP contribution >= 0.6 is 27.5 Å². The molecule has 0 saturated carbocycles. The van der Waals surface area contributed by atoms with Gasteiger partial charge in [-0.1, -0.05) is 17.7 Å². The normalized spacial score (nSPS) is 10.3. The molecule has 4 nitrogen and oxygen atoms in total. The number of nitrogens with one attached hydrogen (secondary N) is 1. The Labute approximate surface area is 112 Å². The zero-order valence-electron chi connectivity index (χ0n) is 8.95. The number of carbonyl (C=O) groups is 1. The van der Waals surface area contributed by atoms with Gasteiger partial charge in [0.2, 0.25) is 0 Å². The number of aryl methyl sites for hydroxylation is 1. The van der Waals surface area contributed by atoms with Crippen LogP contribution in [0, 0.1) is 0 Å². The van der Waals surface area contributed by atoms with Crippen molar-refractivity contribution in [2.24, 2.45) is 7.05 Å². The van der Waals surface area contributed by atoms with Crippen LogP contribution < -0.4 is 5.32 Å². The van der Waals surface area contributed by atoms with E-state index in [9.17, 15) is 4.79 Å². The Bertz CT molecular complexity index is 568. The summed E-state index contributed by atoms with van der Waals surface area (Å²) < 4.78 is 2.58. The molecule has 0 fully saturated rings. The van der Waals surface area contributed by atoms with Gasteiger partial charge in [-0.3, -0.25) is 4.79 Å². The number of hydrogen-bond acceptors (Lipinski definition) is 2. The number of carbonyl (C=O) groups excluding carboxylic acids is 1. The molecule has 0 unspecified atom stereocenters. The molecule has 88 valence electrons. The minimum absolute atomic E-state index is 0.229. The van der Waals surface area contributed by atoms with Gasteiger partial charge in [-0.05, 0) is 34.1 Å². The lowest BCUT2D eigenvalue weighted by atomic mass is 10.4. The van der Waals surface area contributed by atoms with E-state index in [1.54, 1.807) is 42.1 Å². The number of rotatable bonds is 2. The van der Waals surface area contributed by atoms with Crippen molar-refractivity contribution in [2.45, 2.75) is 0 Å². The number of anilines is 1. The molecular formula is C11H9BrClN3O. The Morgan fingerprint density at radius 3 is 2.88 bits per heavy atom. The highest BCUT2D eigenvalue weighted by atomic mass is 79.9. The second kappa shape index (κ2) is 4.89. The van der Waals surface area contributed by atoms with E-state index in [4.69, 9.17) is 11.6 Å². The maximum atomic E-state index is 11.9. The Morgan fingerprint density at radius 2 is 2.29 bits per heavy atom. The minimum Gasteiger partial charge on any atom is -0.345 e. The van der Waals surface area contributed by atoms with E-state index in [0.29, 0.717) is 16.7 Å². The molecule has 0 saturated heterocycles. The van der Waals surface area contributed by atoms with Crippen LogP contribution in [0.4, 0.5) is 5.82 Å². The van der Waals surface area contributed by atoms with Crippen LogP contribution in [0.15, 0.2) is 34.9 Å². The molecule has 2 aromatic heterocycles. The highest BCUT2D eigenvalue weighted by Crippen LogP contribution is 2.15. The van der Waals surface area contributed by atoms with Crippen molar-refractivity contribution in [3.8, 4) is 0 Å². The molecule has 2 heterocycles. The van der Waals surface area contributed by atoms with E-state index in [1.165, 1.54) is 0 Å². The fraction of sp³-hybridized carbons (Fsp3) is 0.0909. The molecule has 0 spiro atoms. The van der Waals surface area contributed by atoms with Crippen molar-refractivity contribution in [2.75, 3.05) is 5.32 Å². The van der Waals surface area contributed by atoms with E-state index < -0.39 is 0 Å². The summed E-state index contributed by atoms with van der Waals surface area (Å²) in [6.45, 7) is 0. The van der Waals surface area contributed by atoms with Crippen molar-refractivity contribution in [1.82, 2.24) is 9.55 Å². The Kier molecular flexibility index (Phi) is 3.49. The molecule has 0 atom stereocenters. The number of hydrogen-bond donors (Lipinski definition) is 1. The van der Waals surface area contributed by atoms with Gasteiger partial charge in [0.25, 0.3) is 5.91 Å². The summed E-state index contributed by atoms with van der Waals surface area (Å²) in [4.78, 5) is 15.9. The molecule has 2 aromatic rings. The van der Waals surface area contributed by atoms with Gasteiger partial charge in [-0.2, -0.15) is 0 Å². The van der Waals surface area contributed by atoms with Gasteiger partial charge in [0.1, 0.15) is 16.7 Å². The predicted octanol–water partition coefficient (Wildman–Crippen LogP) is 3.09. The average molecular weight is 315 g/mol. The summed E-state index contributed by atoms with van der Waals surface area (Å²) in [6, 6.07) is 6.80. The molecule has 0 radical (unpaired) electrons. The first-order valence-corrected chi connectivity index (χ1v) is 5.99. The summed E-state index contributed by atoms with van der Waals surface area (Å²) >= 11 is 9.05. The Hall–Kier alpha value is -1.33. The fourth-order valence-electron chi connectivity index (χ4n) is 1.41.